The summed E-state index contributed by atoms with van der Waals surface area (Å²) in [5.41, 5.74) is 3.16. The Morgan fingerprint density at radius 1 is 0.871 bits per heavy atom. The van der Waals surface area contributed by atoms with Gasteiger partial charge < -0.3 is 10.2 Å². The van der Waals surface area contributed by atoms with Crippen LogP contribution in [0.4, 0.5) is 4.39 Å². The van der Waals surface area contributed by atoms with Gasteiger partial charge in [0, 0.05) is 29.5 Å². The fraction of sp³-hybridized carbons (Fsp3) is 0.0833. The second-order valence-electron chi connectivity index (χ2n) is 7.21. The molecule has 0 bridgehead atoms. The number of thiophene rings is 1. The first-order valence-electron chi connectivity index (χ1n) is 9.74. The van der Waals surface area contributed by atoms with E-state index in [0.29, 0.717) is 35.6 Å². The van der Waals surface area contributed by atoms with Crippen molar-refractivity contribution in [3.63, 3.8) is 0 Å². The highest BCUT2D eigenvalue weighted by Crippen LogP contribution is 2.31. The van der Waals surface area contributed by atoms with E-state index in [4.69, 9.17) is 0 Å². The maximum absolute atomic E-state index is 14.6. The summed E-state index contributed by atoms with van der Waals surface area (Å²) in [6, 6.07) is 18.1. The molecular formula is C24H18FN3O2S. The predicted octanol–water partition coefficient (Wildman–Crippen LogP) is 5.19. The third-order valence-electron chi connectivity index (χ3n) is 5.11. The Hall–Kier alpha value is -3.71. The molecule has 0 aliphatic rings. The molecule has 31 heavy (non-hydrogen) atoms. The number of benzene rings is 2. The number of imidazole rings is 1. The van der Waals surface area contributed by atoms with E-state index < -0.39 is 11.6 Å². The lowest BCUT2D eigenvalue weighted by Crippen LogP contribution is -2.01. The molecule has 0 saturated carbocycles. The van der Waals surface area contributed by atoms with Gasteiger partial charge in [0.05, 0.1) is 11.4 Å². The molecule has 0 amide bonds. The molecule has 5 nitrogen and oxygen atoms in total. The van der Waals surface area contributed by atoms with E-state index in [1.807, 2.05) is 47.8 Å². The minimum Gasteiger partial charge on any atom is -0.505 e. The van der Waals surface area contributed by atoms with Crippen molar-refractivity contribution in [3.8, 4) is 22.9 Å². The van der Waals surface area contributed by atoms with Crippen molar-refractivity contribution < 1.29 is 14.6 Å². The van der Waals surface area contributed by atoms with Crippen LogP contribution in [0.15, 0.2) is 72.2 Å². The highest BCUT2D eigenvalue weighted by Gasteiger charge is 2.20. The van der Waals surface area contributed by atoms with Crippen LogP contribution in [0.3, 0.4) is 0 Å². The molecule has 0 aliphatic carbocycles. The molecule has 0 spiro atoms. The first kappa shape index (κ1) is 19.3. The molecule has 2 N–H and O–H groups in total. The Morgan fingerprint density at radius 2 is 1.71 bits per heavy atom. The molecule has 0 radical (unpaired) electrons. The zero-order valence-corrected chi connectivity index (χ0v) is 17.2. The van der Waals surface area contributed by atoms with Crippen molar-refractivity contribution in [3.05, 3.63) is 99.9 Å². The first-order valence-corrected chi connectivity index (χ1v) is 10.6. The van der Waals surface area contributed by atoms with E-state index in [0.717, 1.165) is 10.4 Å². The fourth-order valence-corrected chi connectivity index (χ4v) is 4.30. The van der Waals surface area contributed by atoms with Crippen LogP contribution in [0.25, 0.3) is 16.9 Å². The molecule has 0 unspecified atom stereocenters. The third-order valence-corrected chi connectivity index (χ3v) is 5.99. The van der Waals surface area contributed by atoms with Crippen molar-refractivity contribution in [1.82, 2.24) is 14.4 Å². The second-order valence-corrected chi connectivity index (χ2v) is 8.24. The van der Waals surface area contributed by atoms with Gasteiger partial charge in [-0.05, 0) is 29.1 Å². The van der Waals surface area contributed by atoms with Crippen LogP contribution in [0.2, 0.25) is 0 Å². The molecule has 3 aromatic heterocycles. The molecule has 5 rings (SSSR count). The average Bonchev–Trinajstić information content (AvgIpc) is 3.40. The lowest BCUT2D eigenvalue weighted by Gasteiger charge is -2.09. The van der Waals surface area contributed by atoms with Crippen LogP contribution in [0.1, 0.15) is 21.8 Å². The van der Waals surface area contributed by atoms with Crippen molar-refractivity contribution in [2.45, 2.75) is 12.8 Å². The molecule has 2 aromatic carbocycles. The van der Waals surface area contributed by atoms with Crippen molar-refractivity contribution in [1.29, 1.82) is 0 Å². The number of rotatable bonds is 5. The number of phenols is 1. The van der Waals surface area contributed by atoms with E-state index in [1.165, 1.54) is 6.07 Å². The summed E-state index contributed by atoms with van der Waals surface area (Å²) in [5, 5.41) is 22.7. The maximum atomic E-state index is 14.6. The van der Waals surface area contributed by atoms with Crippen LogP contribution in [0.5, 0.6) is 11.6 Å². The quantitative estimate of drug-likeness (QED) is 0.402. The standard InChI is InChI=1S/C24H18FN3O2S/c25-22-17(9-4-10-21(22)29)20-14-28-23(18(26-20)12-15-6-2-1-3-7-15)27-19(24(28)30)13-16-8-5-11-31-16/h1-11,14,29-30H,12-13H2. The predicted molar refractivity (Wildman–Crippen MR) is 118 cm³/mol. The zero-order chi connectivity index (χ0) is 21.4. The summed E-state index contributed by atoms with van der Waals surface area (Å²) in [4.78, 5) is 10.4. The number of hydrogen-bond donors (Lipinski definition) is 2. The second kappa shape index (κ2) is 7.85. The normalized spacial score (nSPS) is 11.3. The Bertz CT molecular complexity index is 1370. The lowest BCUT2D eigenvalue weighted by molar-refractivity contribution is 0.433. The number of aromatic hydroxyl groups is 2. The Balaban J connectivity index is 1.70. The van der Waals surface area contributed by atoms with Crippen LogP contribution in [-0.4, -0.2) is 24.6 Å². The SMILES string of the molecule is Oc1cccc(-c2cn3c(O)c(Cc4cccs4)nc3c(Cc3ccccc3)n2)c1F. The zero-order valence-electron chi connectivity index (χ0n) is 16.4. The number of hydrogen-bond acceptors (Lipinski definition) is 5. The van der Waals surface area contributed by atoms with E-state index in [2.05, 4.69) is 9.97 Å². The minimum atomic E-state index is -0.751. The van der Waals surface area contributed by atoms with Gasteiger partial charge in [-0.3, -0.25) is 4.40 Å². The van der Waals surface area contributed by atoms with E-state index in [9.17, 15) is 14.6 Å². The van der Waals surface area contributed by atoms with Crippen molar-refractivity contribution >= 4 is 17.0 Å². The highest BCUT2D eigenvalue weighted by molar-refractivity contribution is 7.09. The molecule has 0 saturated heterocycles. The lowest BCUT2D eigenvalue weighted by atomic mass is 10.1. The molecule has 154 valence electrons. The number of nitrogens with zero attached hydrogens (tertiary/aromatic N) is 3. The molecule has 7 heteroatoms. The molecule has 0 fully saturated rings. The van der Waals surface area contributed by atoms with E-state index >= 15 is 0 Å². The number of phenolic OH excluding ortho intramolecular Hbond substituents is 1. The monoisotopic (exact) mass is 431 g/mol. The van der Waals surface area contributed by atoms with Crippen molar-refractivity contribution in [2.75, 3.05) is 0 Å². The summed E-state index contributed by atoms with van der Waals surface area (Å²) in [6.45, 7) is 0. The van der Waals surface area contributed by atoms with Crippen molar-refractivity contribution in [2.24, 2.45) is 0 Å². The van der Waals surface area contributed by atoms with Gasteiger partial charge in [0.2, 0.25) is 5.88 Å². The summed E-state index contributed by atoms with van der Waals surface area (Å²) in [7, 11) is 0. The van der Waals surface area contributed by atoms with Gasteiger partial charge in [-0.2, -0.15) is 0 Å². The summed E-state index contributed by atoms with van der Waals surface area (Å²) >= 11 is 1.59. The van der Waals surface area contributed by atoms with Crippen LogP contribution in [0, 0.1) is 5.82 Å². The van der Waals surface area contributed by atoms with Crippen LogP contribution >= 0.6 is 11.3 Å². The topological polar surface area (TPSA) is 70.7 Å². The van der Waals surface area contributed by atoms with E-state index in [-0.39, 0.29) is 11.4 Å². The summed E-state index contributed by atoms with van der Waals surface area (Å²) < 4.78 is 16.2. The number of aromatic nitrogens is 3. The van der Waals surface area contributed by atoms with Gasteiger partial charge in [-0.25, -0.2) is 14.4 Å². The number of halogens is 1. The molecule has 5 aromatic rings. The molecule has 0 aliphatic heterocycles. The fourth-order valence-electron chi connectivity index (χ4n) is 3.60. The minimum absolute atomic E-state index is 0.00178. The largest absolute Gasteiger partial charge is 0.505 e. The van der Waals surface area contributed by atoms with Gasteiger partial charge in [0.25, 0.3) is 0 Å². The van der Waals surface area contributed by atoms with Gasteiger partial charge in [-0.15, -0.1) is 11.3 Å². The van der Waals surface area contributed by atoms with Gasteiger partial charge >= 0.3 is 0 Å². The van der Waals surface area contributed by atoms with Gasteiger partial charge in [-0.1, -0.05) is 42.5 Å². The van der Waals surface area contributed by atoms with E-state index in [1.54, 1.807) is 34.1 Å². The average molecular weight is 431 g/mol. The van der Waals surface area contributed by atoms with Crippen LogP contribution in [-0.2, 0) is 12.8 Å². The molecular weight excluding hydrogens is 413 g/mol. The first-order chi connectivity index (χ1) is 15.1. The Labute approximate surface area is 181 Å². The Kier molecular flexibility index (Phi) is 4.88. The highest BCUT2D eigenvalue weighted by atomic mass is 32.1. The number of fused-ring (bicyclic) bond motifs is 1. The smallest absolute Gasteiger partial charge is 0.219 e. The molecule has 3 heterocycles. The summed E-state index contributed by atoms with van der Waals surface area (Å²) in [5.74, 6) is -1.20. The van der Waals surface area contributed by atoms with Gasteiger partial charge in [0.15, 0.2) is 17.2 Å². The molecule has 0 atom stereocenters. The maximum Gasteiger partial charge on any atom is 0.219 e. The Morgan fingerprint density at radius 3 is 2.48 bits per heavy atom. The third kappa shape index (κ3) is 3.64. The summed E-state index contributed by atoms with van der Waals surface area (Å²) in [6.07, 6.45) is 2.52. The van der Waals surface area contributed by atoms with Gasteiger partial charge in [0.1, 0.15) is 5.69 Å². The van der Waals surface area contributed by atoms with Crippen LogP contribution < -0.4 is 0 Å².